The van der Waals surface area contributed by atoms with E-state index in [1.54, 1.807) is 0 Å². The summed E-state index contributed by atoms with van der Waals surface area (Å²) >= 11 is 0. The molecule has 0 aliphatic heterocycles. The molecule has 7 nitrogen and oxygen atoms in total. The summed E-state index contributed by atoms with van der Waals surface area (Å²) in [6, 6.07) is 2.18. The highest BCUT2D eigenvalue weighted by Crippen LogP contribution is 2.33. The van der Waals surface area contributed by atoms with E-state index in [9.17, 15) is 18.5 Å². The summed E-state index contributed by atoms with van der Waals surface area (Å²) in [6.07, 6.45) is 0.0223. The van der Waals surface area contributed by atoms with Crippen LogP contribution in [0.3, 0.4) is 0 Å². The molecule has 118 valence electrons. The molecule has 1 aromatic rings. The zero-order valence-corrected chi connectivity index (χ0v) is 13.4. The fourth-order valence-electron chi connectivity index (χ4n) is 1.61. The van der Waals surface area contributed by atoms with Crippen molar-refractivity contribution in [2.24, 2.45) is 0 Å². The Morgan fingerprint density at radius 2 is 1.95 bits per heavy atom. The van der Waals surface area contributed by atoms with E-state index >= 15 is 0 Å². The number of hydrogen-bond acceptors (Lipinski definition) is 6. The number of aryl methyl sites for hydroxylation is 1. The molecule has 0 atom stereocenters. The van der Waals surface area contributed by atoms with Crippen molar-refractivity contribution in [3.8, 4) is 5.75 Å². The zero-order valence-electron chi connectivity index (χ0n) is 11.8. The predicted molar refractivity (Wildman–Crippen MR) is 77.5 cm³/mol. The van der Waals surface area contributed by atoms with Gasteiger partial charge < -0.3 is 9.47 Å². The monoisotopic (exact) mass is 337 g/mol. The lowest BCUT2D eigenvalue weighted by Crippen LogP contribution is -2.12. The molecule has 0 spiro atoms. The van der Waals surface area contributed by atoms with Crippen molar-refractivity contribution < 1.29 is 22.8 Å². The molecule has 0 amide bonds. The molecule has 9 heteroatoms. The Hall–Kier alpha value is -1.38. The molecule has 0 aliphatic rings. The summed E-state index contributed by atoms with van der Waals surface area (Å²) in [5.41, 5.74) is -0.181. The number of nitro groups is 1. The maximum Gasteiger partial charge on any atom is 0.312 e. The minimum Gasteiger partial charge on any atom is -0.484 e. The van der Waals surface area contributed by atoms with Gasteiger partial charge in [0.2, 0.25) is 0 Å². The van der Waals surface area contributed by atoms with Crippen LogP contribution >= 0.6 is 10.7 Å². The second kappa shape index (κ2) is 7.06. The van der Waals surface area contributed by atoms with E-state index in [1.807, 2.05) is 13.8 Å². The fourth-order valence-corrected chi connectivity index (χ4v) is 2.80. The van der Waals surface area contributed by atoms with Gasteiger partial charge in [-0.05, 0) is 32.4 Å². The molecule has 0 unspecified atom stereocenters. The molecular formula is C12H16ClNO6S. The third kappa shape index (κ3) is 5.14. The highest BCUT2D eigenvalue weighted by Gasteiger charge is 2.23. The van der Waals surface area contributed by atoms with Crippen LogP contribution in [0, 0.1) is 17.0 Å². The van der Waals surface area contributed by atoms with Crippen LogP contribution in [-0.2, 0) is 13.8 Å². The highest BCUT2D eigenvalue weighted by molar-refractivity contribution is 8.13. The second-order valence-electron chi connectivity index (χ2n) is 4.55. The molecule has 0 radical (unpaired) electrons. The SMILES string of the molecule is Cc1cc(OCCOC(C)C)c([N+](=O)[O-])cc1S(=O)(=O)Cl. The Labute approximate surface area is 127 Å². The van der Waals surface area contributed by atoms with Crippen molar-refractivity contribution in [3.05, 3.63) is 27.8 Å². The number of nitrogens with zero attached hydrogens (tertiary/aromatic N) is 1. The van der Waals surface area contributed by atoms with Crippen molar-refractivity contribution in [2.45, 2.75) is 31.8 Å². The molecular weight excluding hydrogens is 322 g/mol. The fraction of sp³-hybridized carbons (Fsp3) is 0.500. The van der Waals surface area contributed by atoms with E-state index in [4.69, 9.17) is 20.2 Å². The standard InChI is InChI=1S/C12H16ClNO6S/c1-8(2)19-4-5-20-11-6-9(3)12(21(13,17)18)7-10(11)14(15)16/h6-8H,4-5H2,1-3H3. The maximum atomic E-state index is 11.4. The molecule has 21 heavy (non-hydrogen) atoms. The van der Waals surface area contributed by atoms with Crippen molar-refractivity contribution in [1.29, 1.82) is 0 Å². The van der Waals surface area contributed by atoms with Crippen LogP contribution in [-0.4, -0.2) is 32.7 Å². The lowest BCUT2D eigenvalue weighted by Gasteiger charge is -2.11. The van der Waals surface area contributed by atoms with Gasteiger partial charge in [-0.15, -0.1) is 0 Å². The van der Waals surface area contributed by atoms with E-state index in [0.717, 1.165) is 6.07 Å². The largest absolute Gasteiger partial charge is 0.484 e. The van der Waals surface area contributed by atoms with Gasteiger partial charge in [0.25, 0.3) is 9.05 Å². The van der Waals surface area contributed by atoms with E-state index in [0.29, 0.717) is 0 Å². The van der Waals surface area contributed by atoms with E-state index in [1.165, 1.54) is 13.0 Å². The molecule has 0 aliphatic carbocycles. The lowest BCUT2D eigenvalue weighted by molar-refractivity contribution is -0.386. The van der Waals surface area contributed by atoms with Gasteiger partial charge in [-0.1, -0.05) is 0 Å². The molecule has 0 saturated carbocycles. The highest BCUT2D eigenvalue weighted by atomic mass is 35.7. The first-order valence-corrected chi connectivity index (χ1v) is 8.42. The van der Waals surface area contributed by atoms with Crippen LogP contribution in [0.15, 0.2) is 17.0 Å². The van der Waals surface area contributed by atoms with Crippen LogP contribution in [0.2, 0.25) is 0 Å². The normalized spacial score (nSPS) is 11.7. The molecule has 1 aromatic carbocycles. The van der Waals surface area contributed by atoms with Crippen LogP contribution in [0.5, 0.6) is 5.75 Å². The molecule has 0 aromatic heterocycles. The summed E-state index contributed by atoms with van der Waals surface area (Å²) in [6.45, 7) is 5.57. The first-order chi connectivity index (χ1) is 9.62. The quantitative estimate of drug-likeness (QED) is 0.328. The first-order valence-electron chi connectivity index (χ1n) is 6.11. The predicted octanol–water partition coefficient (Wildman–Crippen LogP) is 2.63. The number of nitro benzene ring substituents is 1. The van der Waals surface area contributed by atoms with Crippen molar-refractivity contribution in [2.75, 3.05) is 13.2 Å². The Morgan fingerprint density at radius 3 is 2.43 bits per heavy atom. The van der Waals surface area contributed by atoms with Crippen molar-refractivity contribution >= 4 is 25.4 Å². The van der Waals surface area contributed by atoms with Crippen molar-refractivity contribution in [1.82, 2.24) is 0 Å². The molecule has 0 heterocycles. The average Bonchev–Trinajstić information content (AvgIpc) is 2.32. The Balaban J connectivity index is 3.04. The van der Waals surface area contributed by atoms with E-state index in [2.05, 4.69) is 0 Å². The summed E-state index contributed by atoms with van der Waals surface area (Å²) in [5.74, 6) is -0.0195. The van der Waals surface area contributed by atoms with E-state index < -0.39 is 19.7 Å². The van der Waals surface area contributed by atoms with Gasteiger partial charge in [0.1, 0.15) is 6.61 Å². The van der Waals surface area contributed by atoms with Crippen LogP contribution in [0.4, 0.5) is 5.69 Å². The number of hydrogen-bond donors (Lipinski definition) is 0. The Kier molecular flexibility index (Phi) is 5.94. The molecule has 0 saturated heterocycles. The summed E-state index contributed by atoms with van der Waals surface area (Å²) in [7, 11) is 1.19. The number of rotatable bonds is 7. The second-order valence-corrected chi connectivity index (χ2v) is 7.08. The van der Waals surface area contributed by atoms with Crippen LogP contribution < -0.4 is 4.74 Å². The van der Waals surface area contributed by atoms with Gasteiger partial charge in [0.15, 0.2) is 5.75 Å². The third-order valence-electron chi connectivity index (χ3n) is 2.51. The minimum absolute atomic E-state index is 0.0195. The summed E-state index contributed by atoms with van der Waals surface area (Å²) < 4.78 is 33.3. The third-order valence-corrected chi connectivity index (χ3v) is 3.97. The molecule has 1 rings (SSSR count). The van der Waals surface area contributed by atoms with Gasteiger partial charge >= 0.3 is 5.69 Å². The van der Waals surface area contributed by atoms with Gasteiger partial charge in [-0.25, -0.2) is 8.42 Å². The number of ether oxygens (including phenoxy) is 2. The van der Waals surface area contributed by atoms with Crippen LogP contribution in [0.25, 0.3) is 0 Å². The first kappa shape index (κ1) is 17.7. The Morgan fingerprint density at radius 1 is 1.33 bits per heavy atom. The van der Waals surface area contributed by atoms with Gasteiger partial charge in [-0.2, -0.15) is 0 Å². The van der Waals surface area contributed by atoms with Gasteiger partial charge in [-0.3, -0.25) is 10.1 Å². The zero-order chi connectivity index (χ0) is 16.2. The smallest absolute Gasteiger partial charge is 0.312 e. The van der Waals surface area contributed by atoms with Crippen molar-refractivity contribution in [3.63, 3.8) is 0 Å². The summed E-state index contributed by atoms with van der Waals surface area (Å²) in [4.78, 5) is 9.99. The van der Waals surface area contributed by atoms with E-state index in [-0.39, 0.29) is 35.5 Å². The topological polar surface area (TPSA) is 95.7 Å². The lowest BCUT2D eigenvalue weighted by atomic mass is 10.2. The molecule has 0 N–H and O–H groups in total. The number of benzene rings is 1. The maximum absolute atomic E-state index is 11.4. The summed E-state index contributed by atoms with van der Waals surface area (Å²) in [5, 5.41) is 11.0. The number of halogens is 1. The Bertz CT molecular complexity index is 629. The van der Waals surface area contributed by atoms with Gasteiger partial charge in [0.05, 0.1) is 22.5 Å². The van der Waals surface area contributed by atoms with Crippen LogP contribution in [0.1, 0.15) is 19.4 Å². The minimum atomic E-state index is -4.06. The molecule has 0 fully saturated rings. The molecule has 0 bridgehead atoms. The van der Waals surface area contributed by atoms with Gasteiger partial charge in [0, 0.05) is 16.7 Å². The average molecular weight is 338 g/mol.